The van der Waals surface area contributed by atoms with Crippen molar-refractivity contribution in [2.45, 2.75) is 19.5 Å². The Morgan fingerprint density at radius 1 is 1.03 bits per heavy atom. The molecule has 1 N–H and O–H groups in total. The molecule has 1 aliphatic rings. The molecule has 6 nitrogen and oxygen atoms in total. The highest BCUT2D eigenvalue weighted by Crippen LogP contribution is 2.37. The topological polar surface area (TPSA) is 71.3 Å². The molecule has 0 radical (unpaired) electrons. The fourth-order valence-electron chi connectivity index (χ4n) is 3.97. The Hall–Kier alpha value is -3.97. The van der Waals surface area contributed by atoms with Crippen molar-refractivity contribution in [2.75, 3.05) is 0 Å². The number of hydrogen-bond acceptors (Lipinski definition) is 4. The second kappa shape index (κ2) is 9.11. The smallest absolute Gasteiger partial charge is 0.322 e. The molecule has 1 aromatic heterocycles. The van der Waals surface area contributed by atoms with E-state index in [9.17, 15) is 9.18 Å². The molecule has 8 heteroatoms. The summed E-state index contributed by atoms with van der Waals surface area (Å²) in [5.41, 5.74) is 3.81. The van der Waals surface area contributed by atoms with Crippen LogP contribution in [-0.2, 0) is 6.54 Å². The molecule has 0 aliphatic carbocycles. The number of allylic oxidation sites excluding steroid dienone is 1. The third kappa shape index (κ3) is 4.30. The van der Waals surface area contributed by atoms with Crippen molar-refractivity contribution < 1.29 is 13.7 Å². The number of carbonyl (C=O) groups is 1. The average molecular weight is 475 g/mol. The lowest BCUT2D eigenvalue weighted by atomic mass is 9.94. The van der Waals surface area contributed by atoms with E-state index in [2.05, 4.69) is 15.5 Å². The fourth-order valence-corrected chi connectivity index (χ4v) is 4.09. The summed E-state index contributed by atoms with van der Waals surface area (Å²) < 4.78 is 19.0. The van der Waals surface area contributed by atoms with Crippen molar-refractivity contribution in [1.82, 2.24) is 20.4 Å². The average Bonchev–Trinajstić information content (AvgIpc) is 3.33. The zero-order valence-corrected chi connectivity index (χ0v) is 19.0. The van der Waals surface area contributed by atoms with Crippen molar-refractivity contribution in [3.8, 4) is 11.4 Å². The van der Waals surface area contributed by atoms with Crippen LogP contribution in [0.2, 0.25) is 5.02 Å². The molecule has 1 unspecified atom stereocenters. The molecule has 4 aromatic rings. The maximum absolute atomic E-state index is 13.4. The Kier molecular flexibility index (Phi) is 5.86. The first kappa shape index (κ1) is 21.9. The maximum atomic E-state index is 13.4. The van der Waals surface area contributed by atoms with Gasteiger partial charge in [0.15, 0.2) is 0 Å². The third-order valence-corrected chi connectivity index (χ3v) is 5.99. The van der Waals surface area contributed by atoms with Gasteiger partial charge in [-0.3, -0.25) is 4.90 Å². The van der Waals surface area contributed by atoms with Gasteiger partial charge in [-0.1, -0.05) is 59.2 Å². The number of carbonyl (C=O) groups excluding carboxylic acids is 1. The Labute approximate surface area is 200 Å². The summed E-state index contributed by atoms with van der Waals surface area (Å²) in [5.74, 6) is 0.394. The predicted molar refractivity (Wildman–Crippen MR) is 127 cm³/mol. The molecule has 3 aromatic carbocycles. The van der Waals surface area contributed by atoms with Crippen molar-refractivity contribution in [3.63, 3.8) is 0 Å². The molecule has 0 spiro atoms. The normalized spacial score (nSPS) is 16.0. The van der Waals surface area contributed by atoms with Crippen molar-refractivity contribution >= 4 is 23.2 Å². The molecule has 0 saturated carbocycles. The van der Waals surface area contributed by atoms with Gasteiger partial charge in [-0.05, 0) is 54.4 Å². The van der Waals surface area contributed by atoms with Gasteiger partial charge >= 0.3 is 6.03 Å². The highest BCUT2D eigenvalue weighted by Gasteiger charge is 2.35. The van der Waals surface area contributed by atoms with E-state index < -0.39 is 6.04 Å². The van der Waals surface area contributed by atoms with Gasteiger partial charge in [0.1, 0.15) is 5.82 Å². The molecule has 1 atom stereocenters. The summed E-state index contributed by atoms with van der Waals surface area (Å²) in [6.45, 7) is 2.11. The van der Waals surface area contributed by atoms with Gasteiger partial charge in [-0.25, -0.2) is 9.18 Å². The minimum Gasteiger partial charge on any atom is -0.334 e. The number of benzene rings is 3. The van der Waals surface area contributed by atoms with Crippen LogP contribution in [0.5, 0.6) is 0 Å². The van der Waals surface area contributed by atoms with Crippen molar-refractivity contribution in [1.29, 1.82) is 0 Å². The molecule has 0 fully saturated rings. The first-order valence-corrected chi connectivity index (χ1v) is 11.1. The van der Waals surface area contributed by atoms with Gasteiger partial charge < -0.3 is 9.84 Å². The minimum atomic E-state index is -0.475. The van der Waals surface area contributed by atoms with Crippen molar-refractivity contribution in [3.05, 3.63) is 112 Å². The molecule has 5 rings (SSSR count). The molecule has 170 valence electrons. The van der Waals surface area contributed by atoms with Crippen LogP contribution in [0, 0.1) is 5.82 Å². The van der Waals surface area contributed by atoms with Gasteiger partial charge in [0.05, 0.1) is 18.2 Å². The molecular formula is C26H20ClFN4O2. The second-order valence-electron chi connectivity index (χ2n) is 7.93. The van der Waals surface area contributed by atoms with Gasteiger partial charge in [-0.2, -0.15) is 4.98 Å². The summed E-state index contributed by atoms with van der Waals surface area (Å²) >= 11 is 6.00. The number of aromatic nitrogens is 2. The fraction of sp³-hybridized carbons (Fsp3) is 0.115. The molecule has 2 heterocycles. The summed E-state index contributed by atoms with van der Waals surface area (Å²) in [6, 6.07) is 22.1. The number of urea groups is 1. The van der Waals surface area contributed by atoms with Gasteiger partial charge in [-0.15, -0.1) is 0 Å². The number of amides is 2. The van der Waals surface area contributed by atoms with E-state index in [1.807, 2.05) is 49.4 Å². The van der Waals surface area contributed by atoms with Crippen LogP contribution < -0.4 is 5.32 Å². The van der Waals surface area contributed by atoms with E-state index in [4.69, 9.17) is 16.1 Å². The molecule has 0 bridgehead atoms. The molecular weight excluding hydrogens is 455 g/mol. The third-order valence-electron chi connectivity index (χ3n) is 5.74. The lowest BCUT2D eigenvalue weighted by Crippen LogP contribution is -2.45. The van der Waals surface area contributed by atoms with E-state index >= 15 is 0 Å². The molecule has 1 aliphatic heterocycles. The van der Waals surface area contributed by atoms with Crippen LogP contribution in [0.25, 0.3) is 17.0 Å². The first-order valence-electron chi connectivity index (χ1n) is 10.7. The molecule has 34 heavy (non-hydrogen) atoms. The second-order valence-corrected chi connectivity index (χ2v) is 8.37. The van der Waals surface area contributed by atoms with Gasteiger partial charge in [0.25, 0.3) is 5.89 Å². The van der Waals surface area contributed by atoms with Crippen LogP contribution in [-0.4, -0.2) is 21.1 Å². The van der Waals surface area contributed by atoms with Crippen LogP contribution in [0.1, 0.15) is 30.0 Å². The summed E-state index contributed by atoms with van der Waals surface area (Å²) in [4.78, 5) is 19.3. The number of halogens is 2. The van der Waals surface area contributed by atoms with Crippen LogP contribution in [0.4, 0.5) is 9.18 Å². The monoisotopic (exact) mass is 474 g/mol. The Morgan fingerprint density at radius 3 is 2.44 bits per heavy atom. The highest BCUT2D eigenvalue weighted by atomic mass is 35.5. The Morgan fingerprint density at radius 2 is 1.74 bits per heavy atom. The number of nitrogens with zero attached hydrogens (tertiary/aromatic N) is 3. The summed E-state index contributed by atoms with van der Waals surface area (Å²) in [6.07, 6.45) is 0. The number of hydrogen-bond donors (Lipinski definition) is 1. The largest absolute Gasteiger partial charge is 0.334 e. The quantitative estimate of drug-likeness (QED) is 0.372. The number of rotatable bonds is 5. The zero-order valence-electron chi connectivity index (χ0n) is 18.2. The maximum Gasteiger partial charge on any atom is 0.322 e. The SMILES string of the molecule is CC1=C(c2nc(-c3ccc(Cl)cc3)no2)C(c2ccccc2)NC(=O)N1Cc1ccc(F)cc1. The standard InChI is InChI=1S/C26H20ClFN4O2/c1-16-22(25-30-24(31-34-25)19-9-11-20(27)12-10-19)23(18-5-3-2-4-6-18)29-26(33)32(16)15-17-7-13-21(28)14-8-17/h2-14,23H,15H2,1H3,(H,29,33). The summed E-state index contributed by atoms with van der Waals surface area (Å²) in [7, 11) is 0. The van der Waals surface area contributed by atoms with E-state index in [0.29, 0.717) is 28.0 Å². The lowest BCUT2D eigenvalue weighted by molar-refractivity contribution is 0.203. The lowest BCUT2D eigenvalue weighted by Gasteiger charge is -2.35. The first-order chi connectivity index (χ1) is 16.5. The van der Waals surface area contributed by atoms with Crippen LogP contribution in [0.3, 0.4) is 0 Å². The van der Waals surface area contributed by atoms with E-state index in [1.165, 1.54) is 12.1 Å². The zero-order chi connectivity index (χ0) is 23.7. The van der Waals surface area contributed by atoms with Gasteiger partial charge in [0, 0.05) is 16.3 Å². The Balaban J connectivity index is 1.58. The van der Waals surface area contributed by atoms with Crippen molar-refractivity contribution in [2.24, 2.45) is 0 Å². The van der Waals surface area contributed by atoms with Gasteiger partial charge in [0.2, 0.25) is 5.82 Å². The minimum absolute atomic E-state index is 0.265. The molecule has 2 amide bonds. The number of nitrogens with one attached hydrogen (secondary N) is 1. The highest BCUT2D eigenvalue weighted by molar-refractivity contribution is 6.30. The summed E-state index contributed by atoms with van der Waals surface area (Å²) in [5, 5.41) is 7.83. The predicted octanol–water partition coefficient (Wildman–Crippen LogP) is 6.23. The van der Waals surface area contributed by atoms with E-state index in [-0.39, 0.29) is 18.4 Å². The Bertz CT molecular complexity index is 1350. The van der Waals surface area contributed by atoms with E-state index in [0.717, 1.165) is 16.7 Å². The van der Waals surface area contributed by atoms with E-state index in [1.54, 1.807) is 29.2 Å². The van der Waals surface area contributed by atoms with Crippen LogP contribution in [0.15, 0.2) is 89.1 Å². The van der Waals surface area contributed by atoms with Crippen LogP contribution >= 0.6 is 11.6 Å². The molecule has 0 saturated heterocycles.